The molecule has 0 heterocycles. The van der Waals surface area contributed by atoms with Crippen molar-refractivity contribution in [2.45, 2.75) is 13.3 Å². The maximum atomic E-state index is 6.29. The van der Waals surface area contributed by atoms with Gasteiger partial charge in [0.15, 0.2) is 0 Å². The van der Waals surface area contributed by atoms with Gasteiger partial charge >= 0.3 is 0 Å². The molecule has 2 rings (SSSR count). The van der Waals surface area contributed by atoms with Crippen LogP contribution in [0.2, 0.25) is 15.1 Å². The summed E-state index contributed by atoms with van der Waals surface area (Å²) in [5.41, 5.74) is 15.4. The van der Waals surface area contributed by atoms with E-state index in [4.69, 9.17) is 46.3 Å². The lowest BCUT2D eigenvalue weighted by atomic mass is 10.0. The molecule has 0 aliphatic rings. The van der Waals surface area contributed by atoms with Crippen LogP contribution in [0.3, 0.4) is 0 Å². The number of hydrogen-bond donors (Lipinski definition) is 2. The van der Waals surface area contributed by atoms with Gasteiger partial charge in [0.25, 0.3) is 0 Å². The number of hydrogen-bond acceptors (Lipinski definition) is 2. The molecular formula is C14H13Cl3N2. The molecule has 0 aliphatic heterocycles. The first-order valence-electron chi connectivity index (χ1n) is 5.67. The predicted molar refractivity (Wildman–Crippen MR) is 84.3 cm³/mol. The Balaban J connectivity index is 2.43. The molecule has 2 nitrogen and oxygen atoms in total. The van der Waals surface area contributed by atoms with Crippen molar-refractivity contribution in [2.75, 3.05) is 11.5 Å². The lowest BCUT2D eigenvalue weighted by Gasteiger charge is -2.12. The van der Waals surface area contributed by atoms with E-state index in [1.165, 1.54) is 0 Å². The average molecular weight is 316 g/mol. The summed E-state index contributed by atoms with van der Waals surface area (Å²) >= 11 is 18.5. The monoisotopic (exact) mass is 314 g/mol. The molecule has 100 valence electrons. The SMILES string of the molecule is Cc1c(N)ccc(Cc2ccc(N)c(Cl)c2Cl)c1Cl. The minimum Gasteiger partial charge on any atom is -0.398 e. The Labute approximate surface area is 127 Å². The van der Waals surface area contributed by atoms with Crippen molar-refractivity contribution in [3.05, 3.63) is 56.0 Å². The van der Waals surface area contributed by atoms with Gasteiger partial charge in [0.1, 0.15) is 0 Å². The van der Waals surface area contributed by atoms with Gasteiger partial charge in [-0.25, -0.2) is 0 Å². The molecule has 0 spiro atoms. The average Bonchev–Trinajstić information content (AvgIpc) is 2.39. The Bertz CT molecular complexity index is 584. The first-order valence-corrected chi connectivity index (χ1v) is 6.81. The summed E-state index contributed by atoms with van der Waals surface area (Å²) in [5.74, 6) is 0. The molecule has 0 unspecified atom stereocenters. The van der Waals surface area contributed by atoms with Crippen LogP contribution in [0.25, 0.3) is 0 Å². The fourth-order valence-electron chi connectivity index (χ4n) is 1.84. The first kappa shape index (κ1) is 14.3. The van der Waals surface area contributed by atoms with Crippen LogP contribution in [0.4, 0.5) is 11.4 Å². The molecule has 0 bridgehead atoms. The van der Waals surface area contributed by atoms with E-state index in [0.29, 0.717) is 32.9 Å². The maximum Gasteiger partial charge on any atom is 0.0824 e. The van der Waals surface area contributed by atoms with E-state index in [0.717, 1.165) is 16.7 Å². The van der Waals surface area contributed by atoms with Crippen molar-refractivity contribution in [1.82, 2.24) is 0 Å². The maximum absolute atomic E-state index is 6.29. The van der Waals surface area contributed by atoms with Gasteiger partial charge in [0.2, 0.25) is 0 Å². The molecule has 0 aliphatic carbocycles. The van der Waals surface area contributed by atoms with E-state index in [-0.39, 0.29) is 0 Å². The van der Waals surface area contributed by atoms with Crippen molar-refractivity contribution < 1.29 is 0 Å². The van der Waals surface area contributed by atoms with Crippen molar-refractivity contribution in [3.63, 3.8) is 0 Å². The smallest absolute Gasteiger partial charge is 0.0824 e. The van der Waals surface area contributed by atoms with Crippen LogP contribution in [-0.4, -0.2) is 0 Å². The van der Waals surface area contributed by atoms with Crippen LogP contribution in [0, 0.1) is 6.92 Å². The molecule has 0 amide bonds. The molecule has 2 aromatic carbocycles. The van der Waals surface area contributed by atoms with Crippen molar-refractivity contribution in [3.8, 4) is 0 Å². The molecule has 0 atom stereocenters. The van der Waals surface area contributed by atoms with Gasteiger partial charge in [-0.15, -0.1) is 0 Å². The zero-order valence-corrected chi connectivity index (χ0v) is 12.6. The Morgan fingerprint density at radius 3 is 1.95 bits per heavy atom. The van der Waals surface area contributed by atoms with Crippen molar-refractivity contribution >= 4 is 46.2 Å². The normalized spacial score (nSPS) is 10.7. The van der Waals surface area contributed by atoms with Crippen LogP contribution in [-0.2, 0) is 6.42 Å². The minimum atomic E-state index is 0.377. The Kier molecular flexibility index (Phi) is 4.14. The lowest BCUT2D eigenvalue weighted by Crippen LogP contribution is -1.97. The Morgan fingerprint density at radius 2 is 1.32 bits per heavy atom. The van der Waals surface area contributed by atoms with Gasteiger partial charge in [-0.2, -0.15) is 0 Å². The summed E-state index contributed by atoms with van der Waals surface area (Å²) < 4.78 is 0. The molecule has 5 heteroatoms. The topological polar surface area (TPSA) is 52.0 Å². The molecule has 4 N–H and O–H groups in total. The van der Waals surface area contributed by atoms with E-state index < -0.39 is 0 Å². The highest BCUT2D eigenvalue weighted by Crippen LogP contribution is 2.34. The van der Waals surface area contributed by atoms with Crippen LogP contribution in [0.5, 0.6) is 0 Å². The third kappa shape index (κ3) is 2.76. The van der Waals surface area contributed by atoms with Gasteiger partial charge < -0.3 is 11.5 Å². The summed E-state index contributed by atoms with van der Waals surface area (Å²) in [4.78, 5) is 0. The number of benzene rings is 2. The third-order valence-corrected chi connectivity index (χ3v) is 4.54. The fourth-order valence-corrected chi connectivity index (χ4v) is 2.50. The number of halogens is 3. The Hall–Kier alpha value is -1.09. The second-order valence-electron chi connectivity index (χ2n) is 4.37. The number of nitrogen functional groups attached to an aromatic ring is 2. The van der Waals surface area contributed by atoms with E-state index in [9.17, 15) is 0 Å². The minimum absolute atomic E-state index is 0.377. The summed E-state index contributed by atoms with van der Waals surface area (Å²) in [5, 5.41) is 1.50. The second-order valence-corrected chi connectivity index (χ2v) is 5.51. The Morgan fingerprint density at radius 1 is 0.789 bits per heavy atom. The lowest BCUT2D eigenvalue weighted by molar-refractivity contribution is 1.18. The van der Waals surface area contributed by atoms with Gasteiger partial charge in [0, 0.05) is 17.1 Å². The molecule has 0 saturated carbocycles. The number of rotatable bonds is 2. The highest BCUT2D eigenvalue weighted by atomic mass is 35.5. The summed E-state index contributed by atoms with van der Waals surface area (Å²) in [6.07, 6.45) is 0.582. The van der Waals surface area contributed by atoms with E-state index in [2.05, 4.69) is 0 Å². The van der Waals surface area contributed by atoms with E-state index in [1.807, 2.05) is 25.1 Å². The van der Waals surface area contributed by atoms with Gasteiger partial charge in [-0.1, -0.05) is 46.9 Å². The van der Waals surface area contributed by atoms with Gasteiger partial charge in [-0.3, -0.25) is 0 Å². The molecule has 0 aromatic heterocycles. The van der Waals surface area contributed by atoms with E-state index in [1.54, 1.807) is 6.07 Å². The van der Waals surface area contributed by atoms with Crippen LogP contribution in [0.15, 0.2) is 24.3 Å². The summed E-state index contributed by atoms with van der Waals surface area (Å²) in [6, 6.07) is 7.32. The van der Waals surface area contributed by atoms with Crippen molar-refractivity contribution in [2.24, 2.45) is 0 Å². The second kappa shape index (κ2) is 5.49. The van der Waals surface area contributed by atoms with Gasteiger partial charge in [0.05, 0.1) is 15.7 Å². The third-order valence-electron chi connectivity index (χ3n) is 3.08. The van der Waals surface area contributed by atoms with Crippen LogP contribution in [0.1, 0.15) is 16.7 Å². The number of nitrogens with two attached hydrogens (primary N) is 2. The predicted octanol–water partition coefficient (Wildman–Crippen LogP) is 4.71. The number of anilines is 2. The summed E-state index contributed by atoms with van der Waals surface area (Å²) in [6.45, 7) is 1.89. The molecule has 19 heavy (non-hydrogen) atoms. The largest absolute Gasteiger partial charge is 0.398 e. The zero-order chi connectivity index (χ0) is 14.2. The highest BCUT2D eigenvalue weighted by molar-refractivity contribution is 6.44. The molecule has 2 aromatic rings. The quantitative estimate of drug-likeness (QED) is 0.788. The first-order chi connectivity index (χ1) is 8.91. The zero-order valence-electron chi connectivity index (χ0n) is 10.3. The fraction of sp³-hybridized carbons (Fsp3) is 0.143. The molecule has 0 saturated heterocycles. The van der Waals surface area contributed by atoms with E-state index >= 15 is 0 Å². The summed E-state index contributed by atoms with van der Waals surface area (Å²) in [7, 11) is 0. The highest BCUT2D eigenvalue weighted by Gasteiger charge is 2.12. The molecule has 0 fully saturated rings. The standard InChI is InChI=1S/C14H13Cl3N2/c1-7-10(18)4-2-8(12(7)15)6-9-3-5-11(19)14(17)13(9)16/h2-5H,6,18-19H2,1H3. The molecule has 0 radical (unpaired) electrons. The van der Waals surface area contributed by atoms with Crippen LogP contribution >= 0.6 is 34.8 Å². The molecular weight excluding hydrogens is 303 g/mol. The van der Waals surface area contributed by atoms with Gasteiger partial charge in [-0.05, 0) is 35.7 Å². The van der Waals surface area contributed by atoms with Crippen LogP contribution < -0.4 is 11.5 Å². The van der Waals surface area contributed by atoms with Crippen molar-refractivity contribution in [1.29, 1.82) is 0 Å².